The zero-order chi connectivity index (χ0) is 18.4. The minimum absolute atomic E-state index is 0.0483. The topological polar surface area (TPSA) is 78.4 Å². The van der Waals surface area contributed by atoms with Crippen molar-refractivity contribution >= 4 is 28.8 Å². The molecule has 0 fully saturated rings. The summed E-state index contributed by atoms with van der Waals surface area (Å²) >= 11 is 1.47. The third-order valence-corrected chi connectivity index (χ3v) is 4.47. The van der Waals surface area contributed by atoms with Gasteiger partial charge in [0.25, 0.3) is 5.91 Å². The number of hydrogen-bond donors (Lipinski definition) is 3. The van der Waals surface area contributed by atoms with Gasteiger partial charge in [-0.05, 0) is 41.0 Å². The van der Waals surface area contributed by atoms with Gasteiger partial charge in [-0.3, -0.25) is 9.59 Å². The number of thiophene rings is 1. The van der Waals surface area contributed by atoms with Crippen molar-refractivity contribution in [3.63, 3.8) is 0 Å². The van der Waals surface area contributed by atoms with Gasteiger partial charge in [-0.15, -0.1) is 0 Å². The van der Waals surface area contributed by atoms with Crippen molar-refractivity contribution in [2.24, 2.45) is 0 Å². The van der Waals surface area contributed by atoms with Gasteiger partial charge in [-0.25, -0.2) is 0 Å². The highest BCUT2D eigenvalue weighted by Crippen LogP contribution is 2.30. The molecule has 1 heterocycles. The lowest BCUT2D eigenvalue weighted by Gasteiger charge is -2.20. The van der Waals surface area contributed by atoms with E-state index in [-0.39, 0.29) is 29.4 Å². The number of anilines is 1. The molecule has 6 heteroatoms. The number of nitrogens with one attached hydrogen (secondary N) is 2. The number of phenols is 1. The van der Waals surface area contributed by atoms with Gasteiger partial charge in [-0.2, -0.15) is 11.3 Å². The van der Waals surface area contributed by atoms with Crippen molar-refractivity contribution < 1.29 is 14.7 Å². The van der Waals surface area contributed by atoms with E-state index in [1.807, 2.05) is 11.4 Å². The van der Waals surface area contributed by atoms with Crippen LogP contribution in [-0.4, -0.2) is 23.5 Å². The van der Waals surface area contributed by atoms with E-state index in [0.29, 0.717) is 24.2 Å². The Morgan fingerprint density at radius 2 is 1.96 bits per heavy atom. The van der Waals surface area contributed by atoms with Crippen molar-refractivity contribution in [3.05, 3.63) is 46.2 Å². The molecule has 0 saturated heterocycles. The van der Waals surface area contributed by atoms with Gasteiger partial charge < -0.3 is 15.7 Å². The zero-order valence-electron chi connectivity index (χ0n) is 14.8. The molecule has 5 nitrogen and oxygen atoms in total. The van der Waals surface area contributed by atoms with E-state index < -0.39 is 0 Å². The largest absolute Gasteiger partial charge is 0.506 e. The second-order valence-corrected chi connectivity index (χ2v) is 7.68. The first-order valence-electron chi connectivity index (χ1n) is 8.21. The van der Waals surface area contributed by atoms with Gasteiger partial charge in [0.2, 0.25) is 5.91 Å². The van der Waals surface area contributed by atoms with Crippen molar-refractivity contribution in [1.82, 2.24) is 5.32 Å². The summed E-state index contributed by atoms with van der Waals surface area (Å²) in [5.74, 6) is -0.268. The van der Waals surface area contributed by atoms with Crippen molar-refractivity contribution in [1.29, 1.82) is 0 Å². The maximum atomic E-state index is 12.1. The minimum Gasteiger partial charge on any atom is -0.506 e. The van der Waals surface area contributed by atoms with Gasteiger partial charge in [-0.1, -0.05) is 26.8 Å². The Morgan fingerprint density at radius 1 is 1.20 bits per heavy atom. The molecule has 0 atom stereocenters. The first-order chi connectivity index (χ1) is 11.8. The molecule has 1 aromatic carbocycles. The second kappa shape index (κ2) is 8.16. The molecule has 0 aliphatic rings. The van der Waals surface area contributed by atoms with Crippen LogP contribution in [0.5, 0.6) is 5.75 Å². The third kappa shape index (κ3) is 5.60. The molecule has 1 aromatic heterocycles. The Labute approximate surface area is 152 Å². The fraction of sp³-hybridized carbons (Fsp3) is 0.368. The summed E-state index contributed by atoms with van der Waals surface area (Å²) in [4.78, 5) is 23.8. The summed E-state index contributed by atoms with van der Waals surface area (Å²) in [5.41, 5.74) is 2.01. The molecule has 2 rings (SSSR count). The molecular weight excluding hydrogens is 336 g/mol. The summed E-state index contributed by atoms with van der Waals surface area (Å²) in [6, 6.07) is 7.01. The van der Waals surface area contributed by atoms with Crippen LogP contribution in [0.25, 0.3) is 0 Å². The van der Waals surface area contributed by atoms with Gasteiger partial charge in [0, 0.05) is 23.9 Å². The Bertz CT molecular complexity index is 734. The smallest absolute Gasteiger partial charge is 0.252 e. The number of carbonyl (C=O) groups is 2. The summed E-state index contributed by atoms with van der Waals surface area (Å²) in [6.45, 7) is 6.64. The third-order valence-electron chi connectivity index (χ3n) is 3.79. The Balaban J connectivity index is 1.81. The van der Waals surface area contributed by atoms with Crippen LogP contribution in [0, 0.1) is 0 Å². The highest BCUT2D eigenvalue weighted by molar-refractivity contribution is 7.08. The van der Waals surface area contributed by atoms with E-state index >= 15 is 0 Å². The maximum Gasteiger partial charge on any atom is 0.252 e. The van der Waals surface area contributed by atoms with Crippen molar-refractivity contribution in [2.45, 2.75) is 39.0 Å². The lowest BCUT2D eigenvalue weighted by molar-refractivity contribution is -0.116. The number of carbonyl (C=O) groups excluding carboxylic acids is 2. The molecule has 0 radical (unpaired) electrons. The molecule has 0 bridgehead atoms. The predicted octanol–water partition coefficient (Wildman–Crippen LogP) is 3.90. The normalized spacial score (nSPS) is 11.2. The van der Waals surface area contributed by atoms with E-state index in [0.717, 1.165) is 5.56 Å². The molecule has 2 aromatic rings. The van der Waals surface area contributed by atoms with Crippen LogP contribution in [0.2, 0.25) is 0 Å². The van der Waals surface area contributed by atoms with E-state index in [9.17, 15) is 14.7 Å². The minimum atomic E-state index is -0.189. The molecule has 0 spiro atoms. The maximum absolute atomic E-state index is 12.1. The highest BCUT2D eigenvalue weighted by atomic mass is 32.1. The highest BCUT2D eigenvalue weighted by Gasteiger charge is 2.16. The first-order valence-corrected chi connectivity index (χ1v) is 9.15. The fourth-order valence-corrected chi connectivity index (χ4v) is 2.90. The molecule has 134 valence electrons. The lowest BCUT2D eigenvalue weighted by Crippen LogP contribution is -2.25. The number of hydrogen-bond acceptors (Lipinski definition) is 4. The molecule has 2 amide bonds. The first kappa shape index (κ1) is 19.0. The number of amides is 2. The standard InChI is InChI=1S/C19H24N2O3S/c1-19(2,3)14-6-7-16(22)15(11-14)21-17(23)5-4-9-20-18(24)13-8-10-25-12-13/h6-8,10-12,22H,4-5,9H2,1-3H3,(H,20,24)(H,21,23). The van der Waals surface area contributed by atoms with E-state index in [1.54, 1.807) is 23.6 Å². The predicted molar refractivity (Wildman–Crippen MR) is 101 cm³/mol. The molecule has 0 unspecified atom stereocenters. The molecule has 0 aliphatic heterocycles. The van der Waals surface area contributed by atoms with Crippen molar-refractivity contribution in [3.8, 4) is 5.75 Å². The van der Waals surface area contributed by atoms with E-state index in [4.69, 9.17) is 0 Å². The Morgan fingerprint density at radius 3 is 2.60 bits per heavy atom. The average molecular weight is 360 g/mol. The number of benzene rings is 1. The van der Waals surface area contributed by atoms with Crippen LogP contribution < -0.4 is 10.6 Å². The molecular formula is C19H24N2O3S. The average Bonchev–Trinajstić information content (AvgIpc) is 3.07. The Kier molecular flexibility index (Phi) is 6.20. The van der Waals surface area contributed by atoms with Crippen LogP contribution in [0.1, 0.15) is 49.5 Å². The fourth-order valence-electron chi connectivity index (χ4n) is 2.26. The summed E-state index contributed by atoms with van der Waals surface area (Å²) in [5, 5.41) is 19.1. The van der Waals surface area contributed by atoms with Crippen LogP contribution in [-0.2, 0) is 10.2 Å². The van der Waals surface area contributed by atoms with Crippen LogP contribution >= 0.6 is 11.3 Å². The molecule has 3 N–H and O–H groups in total. The molecule has 0 aliphatic carbocycles. The van der Waals surface area contributed by atoms with Crippen LogP contribution in [0.15, 0.2) is 35.0 Å². The second-order valence-electron chi connectivity index (χ2n) is 6.90. The SMILES string of the molecule is CC(C)(C)c1ccc(O)c(NC(=O)CCCNC(=O)c2ccsc2)c1. The van der Waals surface area contributed by atoms with E-state index in [1.165, 1.54) is 11.3 Å². The quantitative estimate of drug-likeness (QED) is 0.540. The van der Waals surface area contributed by atoms with Gasteiger partial charge in [0.15, 0.2) is 0 Å². The number of rotatable bonds is 6. The summed E-state index contributed by atoms with van der Waals surface area (Å²) in [7, 11) is 0. The lowest BCUT2D eigenvalue weighted by atomic mass is 9.87. The monoisotopic (exact) mass is 360 g/mol. The van der Waals surface area contributed by atoms with Gasteiger partial charge in [0.05, 0.1) is 5.69 Å². The zero-order valence-corrected chi connectivity index (χ0v) is 15.6. The summed E-state index contributed by atoms with van der Waals surface area (Å²) < 4.78 is 0. The van der Waals surface area contributed by atoms with Gasteiger partial charge in [0.1, 0.15) is 5.75 Å². The van der Waals surface area contributed by atoms with Crippen LogP contribution in [0.3, 0.4) is 0 Å². The van der Waals surface area contributed by atoms with Gasteiger partial charge >= 0.3 is 0 Å². The van der Waals surface area contributed by atoms with Crippen LogP contribution in [0.4, 0.5) is 5.69 Å². The number of aromatic hydroxyl groups is 1. The Hall–Kier alpha value is -2.34. The molecule has 0 saturated carbocycles. The molecule has 25 heavy (non-hydrogen) atoms. The van der Waals surface area contributed by atoms with E-state index in [2.05, 4.69) is 31.4 Å². The number of phenolic OH excluding ortho intramolecular Hbond substituents is 1. The summed E-state index contributed by atoms with van der Waals surface area (Å²) in [6.07, 6.45) is 0.796. The van der Waals surface area contributed by atoms with Crippen molar-refractivity contribution in [2.75, 3.05) is 11.9 Å².